The van der Waals surface area contributed by atoms with Gasteiger partial charge in [0.2, 0.25) is 0 Å². The first-order valence-electron chi connectivity index (χ1n) is 4.79. The van der Waals surface area contributed by atoms with E-state index in [1.54, 1.807) is 0 Å². The fourth-order valence-electron chi connectivity index (χ4n) is 1.54. The highest BCUT2D eigenvalue weighted by Crippen LogP contribution is 2.40. The van der Waals surface area contributed by atoms with E-state index in [-0.39, 0.29) is 5.56 Å². The van der Waals surface area contributed by atoms with E-state index >= 15 is 0 Å². The first-order valence-corrected chi connectivity index (χ1v) is 4.79. The summed E-state index contributed by atoms with van der Waals surface area (Å²) >= 11 is 0. The van der Waals surface area contributed by atoms with Gasteiger partial charge in [0, 0.05) is 18.0 Å². The lowest BCUT2D eigenvalue weighted by molar-refractivity contribution is -0.138. The van der Waals surface area contributed by atoms with E-state index in [1.165, 1.54) is 36.7 Å². The Morgan fingerprint density at radius 2 is 1.65 bits per heavy atom. The molecule has 0 aliphatic carbocycles. The zero-order valence-electron chi connectivity index (χ0n) is 8.57. The molecule has 0 saturated carbocycles. The summed E-state index contributed by atoms with van der Waals surface area (Å²) in [7, 11) is 0. The molecule has 0 unspecified atom stereocenters. The number of nitrogens with zero attached hydrogens (tertiary/aromatic N) is 1. The average molecular weight is 239 g/mol. The van der Waals surface area contributed by atoms with E-state index in [2.05, 4.69) is 4.98 Å². The van der Waals surface area contributed by atoms with Gasteiger partial charge in [-0.3, -0.25) is 4.98 Å². The molecule has 1 aromatic heterocycles. The number of pyridine rings is 1. The van der Waals surface area contributed by atoms with Crippen molar-refractivity contribution in [3.8, 4) is 16.9 Å². The van der Waals surface area contributed by atoms with Gasteiger partial charge in [0.1, 0.15) is 5.75 Å². The number of benzene rings is 1. The maximum absolute atomic E-state index is 12.6. The fraction of sp³-hybridized carbons (Fsp3) is 0.0833. The average Bonchev–Trinajstić information content (AvgIpc) is 2.29. The molecule has 5 heteroatoms. The molecule has 88 valence electrons. The van der Waals surface area contributed by atoms with Crippen molar-refractivity contribution in [3.05, 3.63) is 48.3 Å². The number of para-hydroxylation sites is 1. The van der Waals surface area contributed by atoms with Crippen LogP contribution in [0.5, 0.6) is 5.75 Å². The van der Waals surface area contributed by atoms with Crippen molar-refractivity contribution in [2.24, 2.45) is 0 Å². The Morgan fingerprint density at radius 1 is 1.00 bits per heavy atom. The summed E-state index contributed by atoms with van der Waals surface area (Å²) < 4.78 is 37.7. The predicted octanol–water partition coefficient (Wildman–Crippen LogP) is 3.47. The monoisotopic (exact) mass is 239 g/mol. The maximum Gasteiger partial charge on any atom is 0.419 e. The highest BCUT2D eigenvalue weighted by atomic mass is 19.4. The van der Waals surface area contributed by atoms with Crippen molar-refractivity contribution in [1.82, 2.24) is 4.98 Å². The standard InChI is InChI=1S/C12H8F3NO/c13-12(14,15)10-3-1-2-9(11(10)17)8-4-6-16-7-5-8/h1-7,17H. The number of halogens is 3. The van der Waals surface area contributed by atoms with Gasteiger partial charge in [-0.2, -0.15) is 13.2 Å². The molecule has 2 nitrogen and oxygen atoms in total. The number of hydrogen-bond acceptors (Lipinski definition) is 2. The van der Waals surface area contributed by atoms with E-state index in [1.807, 2.05) is 0 Å². The molecule has 0 spiro atoms. The largest absolute Gasteiger partial charge is 0.507 e. The highest BCUT2D eigenvalue weighted by molar-refractivity contribution is 5.71. The van der Waals surface area contributed by atoms with E-state index in [0.29, 0.717) is 5.56 Å². The van der Waals surface area contributed by atoms with E-state index < -0.39 is 17.5 Å². The highest BCUT2D eigenvalue weighted by Gasteiger charge is 2.34. The minimum atomic E-state index is -4.56. The summed E-state index contributed by atoms with van der Waals surface area (Å²) in [4.78, 5) is 3.77. The lowest BCUT2D eigenvalue weighted by Gasteiger charge is -2.12. The Balaban J connectivity index is 2.58. The van der Waals surface area contributed by atoms with Crippen LogP contribution in [-0.2, 0) is 6.18 Å². The molecule has 1 heterocycles. The molecule has 0 atom stereocenters. The number of phenolic OH excluding ortho intramolecular Hbond substituents is 1. The number of alkyl halides is 3. The van der Waals surface area contributed by atoms with Crippen LogP contribution in [0.2, 0.25) is 0 Å². The van der Waals surface area contributed by atoms with Crippen LogP contribution in [0.3, 0.4) is 0 Å². The van der Waals surface area contributed by atoms with Gasteiger partial charge in [0.25, 0.3) is 0 Å². The molecule has 1 aromatic carbocycles. The number of phenols is 1. The van der Waals surface area contributed by atoms with Gasteiger partial charge in [-0.05, 0) is 23.8 Å². The molecule has 0 radical (unpaired) electrons. The molecule has 17 heavy (non-hydrogen) atoms. The molecule has 0 amide bonds. The molecule has 0 aliphatic heterocycles. The normalized spacial score (nSPS) is 11.5. The van der Waals surface area contributed by atoms with Gasteiger partial charge >= 0.3 is 6.18 Å². The second-order valence-electron chi connectivity index (χ2n) is 3.44. The fourth-order valence-corrected chi connectivity index (χ4v) is 1.54. The van der Waals surface area contributed by atoms with Crippen molar-refractivity contribution in [1.29, 1.82) is 0 Å². The predicted molar refractivity (Wildman–Crippen MR) is 56.3 cm³/mol. The third-order valence-corrected chi connectivity index (χ3v) is 2.33. The van der Waals surface area contributed by atoms with Crippen LogP contribution in [0, 0.1) is 0 Å². The van der Waals surface area contributed by atoms with Gasteiger partial charge < -0.3 is 5.11 Å². The minimum Gasteiger partial charge on any atom is -0.507 e. The SMILES string of the molecule is Oc1c(-c2ccncc2)cccc1C(F)(F)F. The molecule has 2 rings (SSSR count). The Bertz CT molecular complexity index is 523. The van der Waals surface area contributed by atoms with Crippen LogP contribution in [-0.4, -0.2) is 10.1 Å². The third kappa shape index (κ3) is 2.22. The molecule has 1 N–H and O–H groups in total. The molecule has 2 aromatic rings. The molecule has 0 saturated heterocycles. The lowest BCUT2D eigenvalue weighted by Crippen LogP contribution is -2.05. The first-order chi connectivity index (χ1) is 8.00. The van der Waals surface area contributed by atoms with Gasteiger partial charge in [-0.25, -0.2) is 0 Å². The second kappa shape index (κ2) is 4.08. The van der Waals surface area contributed by atoms with Crippen LogP contribution in [0.1, 0.15) is 5.56 Å². The molecule has 0 bridgehead atoms. The van der Waals surface area contributed by atoms with E-state index in [9.17, 15) is 18.3 Å². The molecule has 0 fully saturated rings. The van der Waals surface area contributed by atoms with Gasteiger partial charge in [0.05, 0.1) is 5.56 Å². The minimum absolute atomic E-state index is 0.141. The van der Waals surface area contributed by atoms with Gasteiger partial charge in [-0.15, -0.1) is 0 Å². The summed E-state index contributed by atoms with van der Waals surface area (Å²) in [5.41, 5.74) is -0.405. The topological polar surface area (TPSA) is 33.1 Å². The van der Waals surface area contributed by atoms with Gasteiger partial charge in [0.15, 0.2) is 0 Å². The van der Waals surface area contributed by atoms with Crippen molar-refractivity contribution in [2.75, 3.05) is 0 Å². The summed E-state index contributed by atoms with van der Waals surface area (Å²) in [5.74, 6) is -0.758. The Labute approximate surface area is 95.4 Å². The molecular weight excluding hydrogens is 231 g/mol. The lowest BCUT2D eigenvalue weighted by atomic mass is 10.0. The Kier molecular flexibility index (Phi) is 2.75. The van der Waals surface area contributed by atoms with E-state index in [4.69, 9.17) is 0 Å². The van der Waals surface area contributed by atoms with Crippen LogP contribution in [0.15, 0.2) is 42.7 Å². The van der Waals surface area contributed by atoms with Gasteiger partial charge in [-0.1, -0.05) is 12.1 Å². The van der Waals surface area contributed by atoms with Crippen LogP contribution < -0.4 is 0 Å². The summed E-state index contributed by atoms with van der Waals surface area (Å²) in [6, 6.07) is 6.61. The second-order valence-corrected chi connectivity index (χ2v) is 3.44. The molecule has 0 aliphatic rings. The quantitative estimate of drug-likeness (QED) is 0.826. The van der Waals surface area contributed by atoms with Crippen molar-refractivity contribution in [2.45, 2.75) is 6.18 Å². The Hall–Kier alpha value is -2.04. The third-order valence-electron chi connectivity index (χ3n) is 2.33. The number of aromatic nitrogens is 1. The molecular formula is C12H8F3NO. The van der Waals surface area contributed by atoms with Crippen molar-refractivity contribution >= 4 is 0 Å². The van der Waals surface area contributed by atoms with Crippen molar-refractivity contribution < 1.29 is 18.3 Å². The smallest absolute Gasteiger partial charge is 0.419 e. The number of aromatic hydroxyl groups is 1. The van der Waals surface area contributed by atoms with Crippen LogP contribution in [0.4, 0.5) is 13.2 Å². The first kappa shape index (κ1) is 11.4. The maximum atomic E-state index is 12.6. The summed E-state index contributed by atoms with van der Waals surface area (Å²) in [6.07, 6.45) is -1.66. The van der Waals surface area contributed by atoms with Crippen LogP contribution in [0.25, 0.3) is 11.1 Å². The zero-order valence-corrected chi connectivity index (χ0v) is 8.57. The van der Waals surface area contributed by atoms with E-state index in [0.717, 1.165) is 6.07 Å². The number of hydrogen-bond donors (Lipinski definition) is 1. The van der Waals surface area contributed by atoms with Crippen molar-refractivity contribution in [3.63, 3.8) is 0 Å². The summed E-state index contributed by atoms with van der Waals surface area (Å²) in [5, 5.41) is 9.64. The zero-order chi connectivity index (χ0) is 12.5. The summed E-state index contributed by atoms with van der Waals surface area (Å²) in [6.45, 7) is 0. The Morgan fingerprint density at radius 3 is 2.24 bits per heavy atom. The van der Waals surface area contributed by atoms with Crippen LogP contribution >= 0.6 is 0 Å². The number of rotatable bonds is 1.